The second-order valence-corrected chi connectivity index (χ2v) is 11.6. The molecular formula is C32H26Br2N4O3S. The van der Waals surface area contributed by atoms with Crippen molar-refractivity contribution < 1.29 is 14.3 Å². The first-order chi connectivity index (χ1) is 20.5. The van der Waals surface area contributed by atoms with E-state index in [1.807, 2.05) is 91.2 Å². The van der Waals surface area contributed by atoms with Crippen molar-refractivity contribution in [2.75, 3.05) is 11.9 Å². The van der Waals surface area contributed by atoms with E-state index in [0.29, 0.717) is 30.3 Å². The lowest BCUT2D eigenvalue weighted by Crippen LogP contribution is -2.17. The molecule has 0 saturated carbocycles. The smallest absolute Gasteiger partial charge is 0.271 e. The molecule has 10 heteroatoms. The molecule has 1 amide bonds. The van der Waals surface area contributed by atoms with E-state index in [1.54, 1.807) is 18.3 Å². The van der Waals surface area contributed by atoms with Gasteiger partial charge in [-0.3, -0.25) is 4.79 Å². The van der Waals surface area contributed by atoms with Gasteiger partial charge in [0.05, 0.1) is 23.0 Å². The molecule has 0 atom stereocenters. The average molecular weight is 706 g/mol. The van der Waals surface area contributed by atoms with Gasteiger partial charge in [-0.1, -0.05) is 58.4 Å². The number of amides is 1. The molecule has 0 fully saturated rings. The van der Waals surface area contributed by atoms with Crippen molar-refractivity contribution >= 4 is 66.1 Å². The Kier molecular flexibility index (Phi) is 10.0. The molecule has 4 aromatic carbocycles. The fraction of sp³-hybridized carbons (Fsp3) is 0.0938. The van der Waals surface area contributed by atoms with Crippen molar-refractivity contribution in [3.05, 3.63) is 122 Å². The van der Waals surface area contributed by atoms with E-state index in [4.69, 9.17) is 9.47 Å². The number of carbonyl (C=O) groups is 1. The van der Waals surface area contributed by atoms with Crippen LogP contribution < -0.4 is 20.2 Å². The number of ether oxygens (including phenoxy) is 2. The Labute approximate surface area is 264 Å². The van der Waals surface area contributed by atoms with Crippen LogP contribution in [0.15, 0.2) is 110 Å². The first kappa shape index (κ1) is 29.5. The highest BCUT2D eigenvalue weighted by molar-refractivity contribution is 9.10. The molecule has 0 spiro atoms. The van der Waals surface area contributed by atoms with Crippen LogP contribution in [0.1, 0.15) is 28.4 Å². The zero-order chi connectivity index (χ0) is 29.3. The lowest BCUT2D eigenvalue weighted by Gasteiger charge is -2.14. The minimum Gasteiger partial charge on any atom is -0.490 e. The van der Waals surface area contributed by atoms with Crippen LogP contribution in [0.2, 0.25) is 0 Å². The molecule has 0 bridgehead atoms. The number of nitrogens with zero attached hydrogens (tertiary/aromatic N) is 2. The minimum atomic E-state index is -0.318. The number of hydrogen-bond donors (Lipinski definition) is 2. The van der Waals surface area contributed by atoms with E-state index < -0.39 is 0 Å². The summed E-state index contributed by atoms with van der Waals surface area (Å²) in [6, 6.07) is 28.8. The summed E-state index contributed by atoms with van der Waals surface area (Å²) in [7, 11) is 0. The van der Waals surface area contributed by atoms with Gasteiger partial charge in [-0.05, 0) is 82.5 Å². The Morgan fingerprint density at radius 3 is 2.48 bits per heavy atom. The van der Waals surface area contributed by atoms with E-state index in [2.05, 4.69) is 52.7 Å². The maximum absolute atomic E-state index is 12.7. The van der Waals surface area contributed by atoms with Gasteiger partial charge in [0.15, 0.2) is 16.6 Å². The number of halogens is 2. The normalized spacial score (nSPS) is 10.9. The third kappa shape index (κ3) is 7.84. The zero-order valence-corrected chi connectivity index (χ0v) is 26.5. The molecule has 5 rings (SSSR count). The van der Waals surface area contributed by atoms with Crippen LogP contribution in [0.4, 0.5) is 10.8 Å². The summed E-state index contributed by atoms with van der Waals surface area (Å²) < 4.78 is 13.6. The highest BCUT2D eigenvalue weighted by Gasteiger charge is 2.13. The fourth-order valence-electron chi connectivity index (χ4n) is 3.93. The average Bonchev–Trinajstić information content (AvgIpc) is 3.47. The van der Waals surface area contributed by atoms with Crippen LogP contribution in [0.5, 0.6) is 11.5 Å². The van der Waals surface area contributed by atoms with Crippen LogP contribution in [-0.4, -0.2) is 23.7 Å². The van der Waals surface area contributed by atoms with Crippen LogP contribution in [0.3, 0.4) is 0 Å². The lowest BCUT2D eigenvalue weighted by atomic mass is 10.1. The molecular weight excluding hydrogens is 680 g/mol. The van der Waals surface area contributed by atoms with E-state index in [1.165, 1.54) is 11.3 Å². The summed E-state index contributed by atoms with van der Waals surface area (Å²) in [5.74, 6) is 0.863. The summed E-state index contributed by atoms with van der Waals surface area (Å²) in [4.78, 5) is 17.4. The number of para-hydroxylation sites is 1. The van der Waals surface area contributed by atoms with Gasteiger partial charge in [0.2, 0.25) is 0 Å². The molecule has 2 N–H and O–H groups in total. The molecule has 5 aromatic rings. The molecule has 0 saturated heterocycles. The number of rotatable bonds is 11. The van der Waals surface area contributed by atoms with Gasteiger partial charge in [-0.25, -0.2) is 10.4 Å². The van der Waals surface area contributed by atoms with Crippen LogP contribution in [0, 0.1) is 0 Å². The third-order valence-electron chi connectivity index (χ3n) is 5.98. The van der Waals surface area contributed by atoms with E-state index in [-0.39, 0.29) is 5.91 Å². The number of nitrogens with one attached hydrogen (secondary N) is 2. The van der Waals surface area contributed by atoms with Crippen molar-refractivity contribution in [2.24, 2.45) is 5.10 Å². The topological polar surface area (TPSA) is 84.8 Å². The van der Waals surface area contributed by atoms with Gasteiger partial charge >= 0.3 is 0 Å². The van der Waals surface area contributed by atoms with Crippen LogP contribution in [-0.2, 0) is 6.61 Å². The second kappa shape index (κ2) is 14.3. The van der Waals surface area contributed by atoms with Crippen molar-refractivity contribution in [2.45, 2.75) is 13.5 Å². The molecule has 42 heavy (non-hydrogen) atoms. The van der Waals surface area contributed by atoms with Crippen molar-refractivity contribution in [3.8, 4) is 22.8 Å². The molecule has 0 aliphatic rings. The van der Waals surface area contributed by atoms with Crippen LogP contribution in [0.25, 0.3) is 11.3 Å². The largest absolute Gasteiger partial charge is 0.490 e. The van der Waals surface area contributed by atoms with Gasteiger partial charge in [0.1, 0.15) is 6.61 Å². The van der Waals surface area contributed by atoms with E-state index in [0.717, 1.165) is 42.1 Å². The molecule has 0 aliphatic heterocycles. The van der Waals surface area contributed by atoms with Gasteiger partial charge in [0.25, 0.3) is 5.91 Å². The predicted molar refractivity (Wildman–Crippen MR) is 176 cm³/mol. The molecule has 7 nitrogen and oxygen atoms in total. The van der Waals surface area contributed by atoms with Crippen molar-refractivity contribution in [3.63, 3.8) is 0 Å². The number of carbonyl (C=O) groups excluding carboxylic acids is 1. The highest BCUT2D eigenvalue weighted by Crippen LogP contribution is 2.37. The number of aromatic nitrogens is 1. The quantitative estimate of drug-likeness (QED) is 0.106. The molecule has 0 radical (unpaired) electrons. The highest BCUT2D eigenvalue weighted by atomic mass is 79.9. The second-order valence-electron chi connectivity index (χ2n) is 8.98. The Balaban J connectivity index is 1.20. The van der Waals surface area contributed by atoms with Gasteiger partial charge in [-0.15, -0.1) is 11.3 Å². The predicted octanol–water partition coefficient (Wildman–Crippen LogP) is 8.82. The first-order valence-electron chi connectivity index (χ1n) is 13.0. The molecule has 212 valence electrons. The van der Waals surface area contributed by atoms with E-state index >= 15 is 0 Å². The maximum Gasteiger partial charge on any atom is 0.271 e. The third-order valence-corrected chi connectivity index (χ3v) is 7.86. The SMILES string of the molecule is CCOc1cc(/C=N\NC(=O)c2ccc(-c3csc(Nc4ccccc4)n3)cc2)cc(Br)c1OCc1ccc(Br)cc1. The summed E-state index contributed by atoms with van der Waals surface area (Å²) in [6.45, 7) is 2.77. The Bertz CT molecular complexity index is 1680. The van der Waals surface area contributed by atoms with Crippen molar-refractivity contribution in [1.82, 2.24) is 10.4 Å². The maximum atomic E-state index is 12.7. The fourth-order valence-corrected chi connectivity index (χ4v) is 5.51. The molecule has 1 aromatic heterocycles. The summed E-state index contributed by atoms with van der Waals surface area (Å²) in [5, 5.41) is 10.2. The first-order valence-corrected chi connectivity index (χ1v) is 15.5. The minimum absolute atomic E-state index is 0.318. The number of hydrazone groups is 1. The van der Waals surface area contributed by atoms with Crippen LogP contribution >= 0.6 is 43.2 Å². The Hall–Kier alpha value is -3.99. The monoisotopic (exact) mass is 704 g/mol. The number of thiazole rings is 1. The summed E-state index contributed by atoms with van der Waals surface area (Å²) in [6.07, 6.45) is 1.56. The zero-order valence-electron chi connectivity index (χ0n) is 22.5. The lowest BCUT2D eigenvalue weighted by molar-refractivity contribution is 0.0955. The van der Waals surface area contributed by atoms with Gasteiger partial charge < -0.3 is 14.8 Å². The number of benzene rings is 4. The number of hydrogen-bond acceptors (Lipinski definition) is 7. The van der Waals surface area contributed by atoms with Gasteiger partial charge in [-0.2, -0.15) is 5.10 Å². The molecule has 0 aliphatic carbocycles. The molecule has 0 unspecified atom stereocenters. The van der Waals surface area contributed by atoms with Crippen molar-refractivity contribution in [1.29, 1.82) is 0 Å². The summed E-state index contributed by atoms with van der Waals surface area (Å²) >= 11 is 8.55. The number of anilines is 2. The van der Waals surface area contributed by atoms with E-state index in [9.17, 15) is 4.79 Å². The summed E-state index contributed by atoms with van der Waals surface area (Å²) in [5.41, 5.74) is 7.58. The van der Waals surface area contributed by atoms with Gasteiger partial charge in [0, 0.05) is 26.7 Å². The Morgan fingerprint density at radius 1 is 0.976 bits per heavy atom. The Morgan fingerprint density at radius 2 is 1.74 bits per heavy atom. The molecule has 1 heterocycles. The standard InChI is InChI=1S/C32H26Br2N4O3S/c1-2-40-29-17-22(16-27(34)30(29)41-19-21-8-14-25(33)15-9-21)18-35-38-31(39)24-12-10-23(11-13-24)28-20-42-32(37-28)36-26-6-4-3-5-7-26/h3-18,20H,2,19H2,1H3,(H,36,37)(H,38,39)/b35-18-.